The molecule has 0 spiro atoms. The van der Waals surface area contributed by atoms with Crippen molar-refractivity contribution in [3.05, 3.63) is 80.9 Å². The molecule has 0 atom stereocenters. The summed E-state index contributed by atoms with van der Waals surface area (Å²) in [5, 5.41) is 11.8. The quantitative estimate of drug-likeness (QED) is 0.443. The lowest BCUT2D eigenvalue weighted by Gasteiger charge is -2.02. The van der Waals surface area contributed by atoms with Crippen LogP contribution in [0.1, 0.15) is 11.1 Å². The maximum absolute atomic E-state index is 12.6. The van der Waals surface area contributed by atoms with E-state index < -0.39 is 0 Å². The Labute approximate surface area is 153 Å². The van der Waals surface area contributed by atoms with Crippen LogP contribution < -0.4 is 5.43 Å². The molecule has 0 saturated carbocycles. The smallest absolute Gasteiger partial charge is 0.216 e. The van der Waals surface area contributed by atoms with Crippen molar-refractivity contribution in [1.82, 2.24) is 14.9 Å². The summed E-state index contributed by atoms with van der Waals surface area (Å²) in [6.45, 7) is 2.01. The third-order valence-corrected chi connectivity index (χ3v) is 4.24. The second kappa shape index (κ2) is 6.53. The zero-order valence-corrected chi connectivity index (χ0v) is 14.7. The third-order valence-electron chi connectivity index (χ3n) is 3.98. The van der Waals surface area contributed by atoms with E-state index in [4.69, 9.17) is 16.6 Å². The van der Waals surface area contributed by atoms with Crippen LogP contribution in [0.15, 0.2) is 69.1 Å². The molecule has 0 saturated heterocycles. The number of aromatic nitrogens is 3. The Morgan fingerprint density at radius 2 is 1.96 bits per heavy atom. The van der Waals surface area contributed by atoms with Gasteiger partial charge in [-0.25, -0.2) is 5.10 Å². The molecule has 6 nitrogen and oxygen atoms in total. The van der Waals surface area contributed by atoms with Crippen LogP contribution in [0.25, 0.3) is 22.4 Å². The van der Waals surface area contributed by atoms with Gasteiger partial charge in [-0.05, 0) is 31.3 Å². The summed E-state index contributed by atoms with van der Waals surface area (Å²) in [7, 11) is 0. The molecule has 0 amide bonds. The topological polar surface area (TPSA) is 76.2 Å². The zero-order chi connectivity index (χ0) is 18.1. The lowest BCUT2D eigenvalue weighted by Crippen LogP contribution is -2.08. The first-order valence-corrected chi connectivity index (χ1v) is 8.34. The van der Waals surface area contributed by atoms with Crippen molar-refractivity contribution in [1.29, 1.82) is 0 Å². The van der Waals surface area contributed by atoms with Gasteiger partial charge in [0.25, 0.3) is 0 Å². The fourth-order valence-corrected chi connectivity index (χ4v) is 2.77. The third kappa shape index (κ3) is 2.89. The van der Waals surface area contributed by atoms with Crippen LogP contribution in [0.3, 0.4) is 0 Å². The van der Waals surface area contributed by atoms with Crippen LogP contribution in [-0.4, -0.2) is 21.1 Å². The largest absolute Gasteiger partial charge is 0.463 e. The van der Waals surface area contributed by atoms with Gasteiger partial charge in [0.05, 0.1) is 17.2 Å². The molecule has 2 aromatic heterocycles. The number of rotatable bonds is 3. The lowest BCUT2D eigenvalue weighted by molar-refractivity contribution is 0.601. The molecule has 7 heteroatoms. The molecule has 0 aliphatic rings. The van der Waals surface area contributed by atoms with Gasteiger partial charge in [-0.15, -0.1) is 0 Å². The van der Waals surface area contributed by atoms with E-state index in [-0.39, 0.29) is 5.43 Å². The number of H-pyrrole nitrogens is 1. The highest BCUT2D eigenvalue weighted by Gasteiger charge is 2.09. The Morgan fingerprint density at radius 3 is 2.77 bits per heavy atom. The average molecular weight is 362 g/mol. The van der Waals surface area contributed by atoms with Gasteiger partial charge in [0.2, 0.25) is 10.2 Å². The molecular weight excluding hydrogens is 348 g/mol. The molecule has 0 bridgehead atoms. The van der Waals surface area contributed by atoms with E-state index in [0.29, 0.717) is 27.1 Å². The van der Waals surface area contributed by atoms with E-state index in [1.54, 1.807) is 18.2 Å². The standard InChI is InChI=1S/C19H14N4O2S/c1-12-6-8-13(9-7-12)18-21-22-19(26)23(18)20-10-14-11-25-16-5-3-2-4-15(16)17(14)24/h2-11H,1H3,(H,22,26). The highest BCUT2D eigenvalue weighted by atomic mass is 32.1. The summed E-state index contributed by atoms with van der Waals surface area (Å²) in [4.78, 5) is 12.6. The minimum absolute atomic E-state index is 0.150. The summed E-state index contributed by atoms with van der Waals surface area (Å²) in [5.74, 6) is 0.566. The van der Waals surface area contributed by atoms with Gasteiger partial charge in [0, 0.05) is 5.56 Å². The van der Waals surface area contributed by atoms with Gasteiger partial charge >= 0.3 is 0 Å². The lowest BCUT2D eigenvalue weighted by atomic mass is 10.1. The monoisotopic (exact) mass is 362 g/mol. The van der Waals surface area contributed by atoms with Crippen molar-refractivity contribution >= 4 is 29.4 Å². The molecule has 2 heterocycles. The van der Waals surface area contributed by atoms with Crippen LogP contribution in [0, 0.1) is 11.7 Å². The molecule has 128 valence electrons. The van der Waals surface area contributed by atoms with E-state index >= 15 is 0 Å². The maximum Gasteiger partial charge on any atom is 0.216 e. The van der Waals surface area contributed by atoms with Crippen molar-refractivity contribution in [2.24, 2.45) is 5.10 Å². The van der Waals surface area contributed by atoms with Crippen LogP contribution in [0.5, 0.6) is 0 Å². The minimum Gasteiger partial charge on any atom is -0.463 e. The molecule has 0 aliphatic heterocycles. The number of hydrogen-bond donors (Lipinski definition) is 1. The van der Waals surface area contributed by atoms with Crippen LogP contribution in [0.4, 0.5) is 0 Å². The maximum atomic E-state index is 12.6. The van der Waals surface area contributed by atoms with Crippen molar-refractivity contribution in [3.8, 4) is 11.4 Å². The predicted molar refractivity (Wildman–Crippen MR) is 103 cm³/mol. The zero-order valence-electron chi connectivity index (χ0n) is 13.8. The molecular formula is C19H14N4O2S. The van der Waals surface area contributed by atoms with Crippen molar-refractivity contribution in [3.63, 3.8) is 0 Å². The number of benzene rings is 2. The molecule has 4 aromatic rings. The fraction of sp³-hybridized carbons (Fsp3) is 0.0526. The highest BCUT2D eigenvalue weighted by Crippen LogP contribution is 2.18. The number of nitrogens with one attached hydrogen (secondary N) is 1. The van der Waals surface area contributed by atoms with E-state index in [2.05, 4.69) is 15.3 Å². The number of fused-ring (bicyclic) bond motifs is 1. The summed E-state index contributed by atoms with van der Waals surface area (Å²) < 4.78 is 7.32. The predicted octanol–water partition coefficient (Wildman–Crippen LogP) is 3.90. The number of hydrogen-bond acceptors (Lipinski definition) is 5. The Kier molecular flexibility index (Phi) is 4.06. The van der Waals surface area contributed by atoms with Crippen molar-refractivity contribution in [2.45, 2.75) is 6.92 Å². The van der Waals surface area contributed by atoms with Crippen molar-refractivity contribution < 1.29 is 4.42 Å². The van der Waals surface area contributed by atoms with Gasteiger partial charge < -0.3 is 4.42 Å². The molecule has 0 fully saturated rings. The summed E-state index contributed by atoms with van der Waals surface area (Å²) in [6.07, 6.45) is 2.82. The number of nitrogens with zero attached hydrogens (tertiary/aromatic N) is 3. The van der Waals surface area contributed by atoms with E-state index in [1.807, 2.05) is 37.3 Å². The Balaban J connectivity index is 1.78. The van der Waals surface area contributed by atoms with Crippen LogP contribution in [-0.2, 0) is 0 Å². The number of aromatic amines is 1. The van der Waals surface area contributed by atoms with Crippen LogP contribution in [0.2, 0.25) is 0 Å². The first-order valence-electron chi connectivity index (χ1n) is 7.93. The first kappa shape index (κ1) is 16.2. The van der Waals surface area contributed by atoms with Gasteiger partial charge in [-0.3, -0.25) is 4.79 Å². The minimum atomic E-state index is -0.150. The molecule has 0 radical (unpaired) electrons. The normalized spacial score (nSPS) is 11.4. The summed E-state index contributed by atoms with van der Waals surface area (Å²) in [5.41, 5.74) is 2.73. The van der Waals surface area contributed by atoms with Crippen LogP contribution >= 0.6 is 12.2 Å². The van der Waals surface area contributed by atoms with Gasteiger partial charge in [0.15, 0.2) is 5.82 Å². The molecule has 26 heavy (non-hydrogen) atoms. The van der Waals surface area contributed by atoms with Crippen molar-refractivity contribution in [2.75, 3.05) is 0 Å². The molecule has 2 aromatic carbocycles. The summed E-state index contributed by atoms with van der Waals surface area (Å²) in [6, 6.07) is 14.9. The number of para-hydroxylation sites is 1. The van der Waals surface area contributed by atoms with Gasteiger partial charge in [0.1, 0.15) is 11.8 Å². The van der Waals surface area contributed by atoms with Gasteiger partial charge in [-0.1, -0.05) is 42.0 Å². The Bertz CT molecular complexity index is 1230. The average Bonchev–Trinajstić information content (AvgIpc) is 3.03. The number of aryl methyl sites for hydroxylation is 1. The second-order valence-corrected chi connectivity index (χ2v) is 6.18. The molecule has 0 aliphatic carbocycles. The second-order valence-electron chi connectivity index (χ2n) is 5.79. The van der Waals surface area contributed by atoms with Gasteiger partial charge in [-0.2, -0.15) is 14.9 Å². The molecule has 1 N–H and O–H groups in total. The first-order chi connectivity index (χ1) is 12.6. The highest BCUT2D eigenvalue weighted by molar-refractivity contribution is 7.71. The summed E-state index contributed by atoms with van der Waals surface area (Å²) >= 11 is 5.25. The Hall–Kier alpha value is -3.32. The molecule has 4 rings (SSSR count). The SMILES string of the molecule is Cc1ccc(-c2n[nH]c(=S)n2N=Cc2coc3ccccc3c2=O)cc1. The van der Waals surface area contributed by atoms with E-state index in [9.17, 15) is 4.79 Å². The fourth-order valence-electron chi connectivity index (χ4n) is 2.59. The van der Waals surface area contributed by atoms with E-state index in [0.717, 1.165) is 11.1 Å². The van der Waals surface area contributed by atoms with E-state index in [1.165, 1.54) is 17.2 Å². The Morgan fingerprint density at radius 1 is 1.19 bits per heavy atom. The molecule has 0 unspecified atom stereocenters.